The SMILES string of the molecule is O=C1[13CH2][C@H](O)[C@@H](COCc2ccccc2)O1. The summed E-state index contributed by atoms with van der Waals surface area (Å²) in [6, 6.07) is 9.71. The van der Waals surface area contributed by atoms with E-state index in [1.54, 1.807) is 0 Å². The van der Waals surface area contributed by atoms with Crippen LogP contribution < -0.4 is 0 Å². The molecular formula is C12H14O4. The largest absolute Gasteiger partial charge is 0.457 e. The number of aliphatic hydroxyl groups excluding tert-OH is 1. The highest BCUT2D eigenvalue weighted by atomic mass is 16.6. The van der Waals surface area contributed by atoms with Gasteiger partial charge in [0.15, 0.2) is 6.10 Å². The first kappa shape index (κ1) is 11.1. The molecule has 16 heavy (non-hydrogen) atoms. The van der Waals surface area contributed by atoms with E-state index in [1.807, 2.05) is 30.3 Å². The summed E-state index contributed by atoms with van der Waals surface area (Å²) in [5.74, 6) is -0.360. The first-order chi connectivity index (χ1) is 7.75. The summed E-state index contributed by atoms with van der Waals surface area (Å²) >= 11 is 0. The molecule has 0 amide bonds. The minimum atomic E-state index is -0.733. The number of carbonyl (C=O) groups is 1. The quantitative estimate of drug-likeness (QED) is 0.608. The van der Waals surface area contributed by atoms with Gasteiger partial charge < -0.3 is 14.6 Å². The summed E-state index contributed by atoms with van der Waals surface area (Å²) < 4.78 is 10.3. The van der Waals surface area contributed by atoms with E-state index in [9.17, 15) is 9.90 Å². The van der Waals surface area contributed by atoms with Crippen molar-refractivity contribution in [2.24, 2.45) is 0 Å². The van der Waals surface area contributed by atoms with Crippen LogP contribution in [-0.2, 0) is 20.9 Å². The third-order valence-corrected chi connectivity index (χ3v) is 2.48. The van der Waals surface area contributed by atoms with E-state index in [-0.39, 0.29) is 19.0 Å². The highest BCUT2D eigenvalue weighted by molar-refractivity contribution is 5.72. The Morgan fingerprint density at radius 1 is 1.38 bits per heavy atom. The number of hydrogen-bond donors (Lipinski definition) is 1. The van der Waals surface area contributed by atoms with Gasteiger partial charge in [0.2, 0.25) is 0 Å². The Morgan fingerprint density at radius 3 is 2.75 bits per heavy atom. The number of rotatable bonds is 4. The zero-order valence-electron chi connectivity index (χ0n) is 8.83. The van der Waals surface area contributed by atoms with Gasteiger partial charge in [-0.25, -0.2) is 0 Å². The zero-order chi connectivity index (χ0) is 11.4. The molecule has 1 aliphatic heterocycles. The second kappa shape index (κ2) is 5.09. The molecule has 0 aromatic heterocycles. The third-order valence-electron chi connectivity index (χ3n) is 2.48. The van der Waals surface area contributed by atoms with Gasteiger partial charge in [0, 0.05) is 0 Å². The maximum Gasteiger partial charge on any atom is 0.309 e. The third kappa shape index (κ3) is 2.81. The molecule has 0 unspecified atom stereocenters. The van der Waals surface area contributed by atoms with Crippen molar-refractivity contribution in [3.8, 4) is 0 Å². The molecule has 1 aliphatic rings. The van der Waals surface area contributed by atoms with Crippen molar-refractivity contribution in [2.75, 3.05) is 6.61 Å². The molecule has 4 heteroatoms. The summed E-state index contributed by atoms with van der Waals surface area (Å²) in [6.07, 6.45) is -1.18. The molecule has 0 spiro atoms. The molecule has 1 aromatic carbocycles. The molecule has 86 valence electrons. The standard InChI is InChI=1S/C12H14O4/c13-10-6-12(14)16-11(10)8-15-7-9-4-2-1-3-5-9/h1-5,10-11,13H,6-8H2/t10-,11+/m0/s1/i6+1. The average Bonchev–Trinajstić information content (AvgIpc) is 2.59. The molecule has 2 atom stereocenters. The van der Waals surface area contributed by atoms with Crippen molar-refractivity contribution in [1.82, 2.24) is 0 Å². The van der Waals surface area contributed by atoms with Gasteiger partial charge in [0.25, 0.3) is 0 Å². The number of esters is 1. The van der Waals surface area contributed by atoms with Gasteiger partial charge in [0.05, 0.1) is 19.6 Å². The van der Waals surface area contributed by atoms with Crippen LogP contribution in [0.1, 0.15) is 12.0 Å². The van der Waals surface area contributed by atoms with Gasteiger partial charge in [-0.2, -0.15) is 0 Å². The first-order valence-corrected chi connectivity index (χ1v) is 5.25. The normalized spacial score (nSPS) is 24.4. The lowest BCUT2D eigenvalue weighted by Gasteiger charge is -2.13. The van der Waals surface area contributed by atoms with Crippen LogP contribution in [0, 0.1) is 0 Å². The van der Waals surface area contributed by atoms with E-state index < -0.39 is 12.2 Å². The van der Waals surface area contributed by atoms with Crippen LogP contribution in [0.15, 0.2) is 30.3 Å². The monoisotopic (exact) mass is 223 g/mol. The number of hydrogen-bond acceptors (Lipinski definition) is 4. The second-order valence-electron chi connectivity index (χ2n) is 3.80. The summed E-state index contributed by atoms with van der Waals surface area (Å²) in [7, 11) is 0. The number of ether oxygens (including phenoxy) is 2. The lowest BCUT2D eigenvalue weighted by Crippen LogP contribution is -2.26. The van der Waals surface area contributed by atoms with Crippen molar-refractivity contribution in [3.05, 3.63) is 35.9 Å². The summed E-state index contributed by atoms with van der Waals surface area (Å²) in [6.45, 7) is 0.698. The number of cyclic esters (lactones) is 1. The average molecular weight is 223 g/mol. The van der Waals surface area contributed by atoms with Crippen LogP contribution in [0.25, 0.3) is 0 Å². The van der Waals surface area contributed by atoms with Crippen LogP contribution in [-0.4, -0.2) is 29.9 Å². The maximum absolute atomic E-state index is 10.9. The molecule has 0 radical (unpaired) electrons. The van der Waals surface area contributed by atoms with Crippen LogP contribution >= 0.6 is 0 Å². The fourth-order valence-corrected chi connectivity index (χ4v) is 1.61. The molecule has 1 aromatic rings. The Hall–Kier alpha value is -1.39. The Balaban J connectivity index is 1.74. The van der Waals surface area contributed by atoms with E-state index in [0.717, 1.165) is 5.56 Å². The van der Waals surface area contributed by atoms with Gasteiger partial charge in [0.1, 0.15) is 6.10 Å². The number of carbonyl (C=O) groups excluding carboxylic acids is 1. The fourth-order valence-electron chi connectivity index (χ4n) is 1.61. The smallest absolute Gasteiger partial charge is 0.309 e. The van der Waals surface area contributed by atoms with Crippen molar-refractivity contribution >= 4 is 5.97 Å². The van der Waals surface area contributed by atoms with E-state index in [2.05, 4.69) is 0 Å². The molecule has 1 N–H and O–H groups in total. The van der Waals surface area contributed by atoms with Crippen molar-refractivity contribution in [1.29, 1.82) is 0 Å². The van der Waals surface area contributed by atoms with Gasteiger partial charge in [-0.1, -0.05) is 30.3 Å². The molecule has 1 saturated heterocycles. The summed E-state index contributed by atoms with van der Waals surface area (Å²) in [5, 5.41) is 9.43. The minimum Gasteiger partial charge on any atom is -0.457 e. The van der Waals surface area contributed by atoms with Crippen LogP contribution in [0.3, 0.4) is 0 Å². The molecule has 0 saturated carbocycles. The highest BCUT2D eigenvalue weighted by Crippen LogP contribution is 2.15. The molecule has 2 rings (SSSR count). The van der Waals surface area contributed by atoms with Gasteiger partial charge in [-0.3, -0.25) is 4.79 Å². The Bertz CT molecular complexity index is 349. The lowest BCUT2D eigenvalue weighted by molar-refractivity contribution is -0.144. The van der Waals surface area contributed by atoms with E-state index >= 15 is 0 Å². The topological polar surface area (TPSA) is 55.8 Å². The van der Waals surface area contributed by atoms with Gasteiger partial charge >= 0.3 is 5.97 Å². The first-order valence-electron chi connectivity index (χ1n) is 5.25. The van der Waals surface area contributed by atoms with Crippen molar-refractivity contribution in [3.63, 3.8) is 0 Å². The fraction of sp³-hybridized carbons (Fsp3) is 0.417. The second-order valence-corrected chi connectivity index (χ2v) is 3.80. The molecule has 4 nitrogen and oxygen atoms in total. The van der Waals surface area contributed by atoms with Crippen molar-refractivity contribution < 1.29 is 19.4 Å². The van der Waals surface area contributed by atoms with E-state index in [0.29, 0.717) is 6.61 Å². The molecule has 0 aliphatic carbocycles. The molecule has 1 fully saturated rings. The van der Waals surface area contributed by atoms with E-state index in [4.69, 9.17) is 9.47 Å². The van der Waals surface area contributed by atoms with Gasteiger partial charge in [-0.15, -0.1) is 0 Å². The van der Waals surface area contributed by atoms with Crippen LogP contribution in [0.4, 0.5) is 0 Å². The summed E-state index contributed by atoms with van der Waals surface area (Å²) in [4.78, 5) is 10.9. The number of aliphatic hydroxyl groups is 1. The van der Waals surface area contributed by atoms with Crippen LogP contribution in [0.2, 0.25) is 0 Å². The molecular weight excluding hydrogens is 209 g/mol. The number of benzene rings is 1. The summed E-state index contributed by atoms with van der Waals surface area (Å²) in [5.41, 5.74) is 1.06. The van der Waals surface area contributed by atoms with Gasteiger partial charge in [-0.05, 0) is 5.56 Å². The minimum absolute atomic E-state index is 0.0688. The lowest BCUT2D eigenvalue weighted by atomic mass is 10.2. The van der Waals surface area contributed by atoms with Crippen LogP contribution in [0.5, 0.6) is 0 Å². The molecule has 0 bridgehead atoms. The Morgan fingerprint density at radius 2 is 2.12 bits per heavy atom. The zero-order valence-corrected chi connectivity index (χ0v) is 8.83. The Kier molecular flexibility index (Phi) is 3.54. The molecule has 1 heterocycles. The predicted molar refractivity (Wildman–Crippen MR) is 56.6 cm³/mol. The Labute approximate surface area is 93.8 Å². The van der Waals surface area contributed by atoms with E-state index in [1.165, 1.54) is 0 Å². The predicted octanol–water partition coefficient (Wildman–Crippen LogP) is 0.880. The van der Waals surface area contributed by atoms with Crippen molar-refractivity contribution in [2.45, 2.75) is 25.2 Å². The maximum atomic E-state index is 10.9. The highest BCUT2D eigenvalue weighted by Gasteiger charge is 2.33.